The molecule has 1 aromatic heterocycles. The van der Waals surface area contributed by atoms with Gasteiger partial charge in [0.25, 0.3) is 5.92 Å². The normalized spacial score (nSPS) is 12.8. The van der Waals surface area contributed by atoms with E-state index in [4.69, 9.17) is 16.4 Å². The molecule has 2 N–H and O–H groups in total. The third-order valence-corrected chi connectivity index (χ3v) is 6.38. The number of hydrogen-bond acceptors (Lipinski definition) is 6. The molecular formula is C26H27ClF4N4O4. The molecule has 0 unspecified atom stereocenters. The number of fused-ring (bicyclic) bond motifs is 1. The van der Waals surface area contributed by atoms with E-state index in [9.17, 15) is 32.3 Å². The quantitative estimate of drug-likeness (QED) is 0.185. The van der Waals surface area contributed by atoms with Crippen molar-refractivity contribution in [1.82, 2.24) is 15.4 Å². The summed E-state index contributed by atoms with van der Waals surface area (Å²) >= 11 is 5.97. The third-order valence-electron chi connectivity index (χ3n) is 5.96. The highest BCUT2D eigenvalue weighted by Crippen LogP contribution is 2.34. The summed E-state index contributed by atoms with van der Waals surface area (Å²) in [5.74, 6) is -5.71. The first-order valence-electron chi connectivity index (χ1n) is 11.7. The lowest BCUT2D eigenvalue weighted by Crippen LogP contribution is -2.55. The molecule has 210 valence electrons. The van der Waals surface area contributed by atoms with Gasteiger partial charge in [-0.3, -0.25) is 19.4 Å². The zero-order chi connectivity index (χ0) is 29.0. The number of benzene rings is 2. The molecule has 2 aromatic carbocycles. The van der Waals surface area contributed by atoms with Gasteiger partial charge < -0.3 is 5.11 Å². The maximum absolute atomic E-state index is 15.0. The first-order chi connectivity index (χ1) is 18.2. The first kappa shape index (κ1) is 30.2. The number of nitrogens with one attached hydrogen (secondary N) is 1. The number of nitrogens with zero attached hydrogens (tertiary/aromatic N) is 3. The van der Waals surface area contributed by atoms with E-state index in [1.165, 1.54) is 42.6 Å². The van der Waals surface area contributed by atoms with E-state index in [1.54, 1.807) is 0 Å². The monoisotopic (exact) mass is 570 g/mol. The number of pyridine rings is 1. The molecule has 0 spiro atoms. The summed E-state index contributed by atoms with van der Waals surface area (Å²) in [7, 11) is 0. The lowest BCUT2D eigenvalue weighted by Gasteiger charge is -2.37. The van der Waals surface area contributed by atoms with Gasteiger partial charge in [0.2, 0.25) is 12.3 Å². The van der Waals surface area contributed by atoms with E-state index in [0.29, 0.717) is 15.8 Å². The zero-order valence-corrected chi connectivity index (χ0v) is 22.1. The van der Waals surface area contributed by atoms with Crippen LogP contribution in [-0.4, -0.2) is 51.6 Å². The number of aliphatic hydroxyl groups is 1. The molecule has 3 rings (SSSR count). The topological polar surface area (TPSA) is 95.0 Å². The van der Waals surface area contributed by atoms with Gasteiger partial charge in [-0.15, -0.1) is 0 Å². The van der Waals surface area contributed by atoms with E-state index in [0.717, 1.165) is 31.8 Å². The van der Waals surface area contributed by atoms with Crippen LogP contribution in [0.1, 0.15) is 32.8 Å². The minimum absolute atomic E-state index is 0.0648. The largest absolute Gasteiger partial charge is 0.384 e. The molecule has 0 bridgehead atoms. The fraction of sp³-hybridized carbons (Fsp3) is 0.346. The number of carbonyl (C=O) groups is 2. The Kier molecular flexibility index (Phi) is 9.49. The van der Waals surface area contributed by atoms with Crippen LogP contribution in [0.2, 0.25) is 5.02 Å². The Hall–Kier alpha value is -3.32. The van der Waals surface area contributed by atoms with Crippen LogP contribution in [0.15, 0.2) is 48.7 Å². The molecule has 39 heavy (non-hydrogen) atoms. The number of hydrogen-bond donors (Lipinski definition) is 2. The van der Waals surface area contributed by atoms with Crippen molar-refractivity contribution in [2.24, 2.45) is 0 Å². The van der Waals surface area contributed by atoms with Crippen molar-refractivity contribution in [3.63, 3.8) is 0 Å². The standard InChI is InChI=1S/C26H27ClF4N4O4/c1-16(37)35(33-13-18-5-4-6-22(29)24(18)27)21(11-26(30,31)25(2,3)38)14-39-34(15-36)23-10-19-9-20(28)8-7-17(19)12-32-23/h4-10,12,15,21,33,38H,11,13-14H2,1-3H3/t21-/m0/s1. The van der Waals surface area contributed by atoms with Crippen molar-refractivity contribution in [3.8, 4) is 0 Å². The Morgan fingerprint density at radius 2 is 1.92 bits per heavy atom. The molecule has 0 saturated heterocycles. The number of carbonyl (C=O) groups excluding carboxylic acids is 2. The molecule has 8 nitrogen and oxygen atoms in total. The van der Waals surface area contributed by atoms with Crippen LogP contribution < -0.4 is 10.5 Å². The Morgan fingerprint density at radius 1 is 1.21 bits per heavy atom. The van der Waals surface area contributed by atoms with Crippen molar-refractivity contribution >= 4 is 40.5 Å². The summed E-state index contributed by atoms with van der Waals surface area (Å²) in [4.78, 5) is 33.9. The molecule has 2 amide bonds. The van der Waals surface area contributed by atoms with Crippen LogP contribution in [-0.2, 0) is 21.0 Å². The lowest BCUT2D eigenvalue weighted by molar-refractivity contribution is -0.181. The van der Waals surface area contributed by atoms with Crippen LogP contribution in [0.5, 0.6) is 0 Å². The number of hydrazine groups is 1. The molecule has 3 aromatic rings. The number of hydroxylamine groups is 1. The highest BCUT2D eigenvalue weighted by molar-refractivity contribution is 6.31. The molecule has 0 saturated carbocycles. The van der Waals surface area contributed by atoms with Crippen LogP contribution >= 0.6 is 11.6 Å². The second kappa shape index (κ2) is 12.2. The summed E-state index contributed by atoms with van der Waals surface area (Å²) in [6, 6.07) is 7.87. The lowest BCUT2D eigenvalue weighted by atomic mass is 9.94. The van der Waals surface area contributed by atoms with Crippen molar-refractivity contribution in [1.29, 1.82) is 0 Å². The number of rotatable bonds is 12. The van der Waals surface area contributed by atoms with E-state index in [2.05, 4.69) is 10.4 Å². The molecule has 0 aliphatic heterocycles. The van der Waals surface area contributed by atoms with Gasteiger partial charge >= 0.3 is 0 Å². The van der Waals surface area contributed by atoms with E-state index >= 15 is 0 Å². The molecule has 1 atom stereocenters. The summed E-state index contributed by atoms with van der Waals surface area (Å²) in [5, 5.41) is 12.3. The molecule has 0 fully saturated rings. The number of amides is 2. The summed E-state index contributed by atoms with van der Waals surface area (Å²) in [6.45, 7) is 2.07. The van der Waals surface area contributed by atoms with Gasteiger partial charge in [-0.05, 0) is 55.1 Å². The van der Waals surface area contributed by atoms with Crippen molar-refractivity contribution < 1.29 is 37.1 Å². The van der Waals surface area contributed by atoms with Gasteiger partial charge in [-0.2, -0.15) is 5.06 Å². The Labute approximate surface area is 227 Å². The maximum atomic E-state index is 15.0. The Bertz CT molecular complexity index is 1340. The van der Waals surface area contributed by atoms with Crippen LogP contribution in [0.4, 0.5) is 23.4 Å². The van der Waals surface area contributed by atoms with Crippen molar-refractivity contribution in [2.75, 3.05) is 11.7 Å². The van der Waals surface area contributed by atoms with E-state index < -0.39 is 48.1 Å². The van der Waals surface area contributed by atoms with E-state index in [1.807, 2.05) is 0 Å². The highest BCUT2D eigenvalue weighted by Gasteiger charge is 2.48. The van der Waals surface area contributed by atoms with Gasteiger partial charge in [0.15, 0.2) is 5.82 Å². The first-order valence-corrected chi connectivity index (χ1v) is 12.1. The van der Waals surface area contributed by atoms with Gasteiger partial charge in [0, 0.05) is 31.5 Å². The fourth-order valence-electron chi connectivity index (χ4n) is 3.66. The average molecular weight is 571 g/mol. The summed E-state index contributed by atoms with van der Waals surface area (Å²) in [6.07, 6.45) is 0.524. The number of aromatic nitrogens is 1. The van der Waals surface area contributed by atoms with Gasteiger partial charge in [0.05, 0.1) is 17.7 Å². The molecule has 1 heterocycles. The molecule has 13 heteroatoms. The molecule has 0 aliphatic carbocycles. The van der Waals surface area contributed by atoms with Crippen LogP contribution in [0.3, 0.4) is 0 Å². The van der Waals surface area contributed by atoms with Gasteiger partial charge in [-0.1, -0.05) is 23.7 Å². The molecular weight excluding hydrogens is 544 g/mol. The minimum Gasteiger partial charge on any atom is -0.384 e. The summed E-state index contributed by atoms with van der Waals surface area (Å²) in [5.41, 5.74) is 0.448. The van der Waals surface area contributed by atoms with Crippen molar-refractivity contribution in [2.45, 2.75) is 51.3 Å². The number of halogens is 5. The number of anilines is 1. The SMILES string of the molecule is CC(=O)N(NCc1cccc(F)c1Cl)[C@H](CON(C=O)c1cc2cc(F)ccc2cn1)CC(F)(F)C(C)(C)O. The second-order valence-corrected chi connectivity index (χ2v) is 9.70. The average Bonchev–Trinajstić information content (AvgIpc) is 2.85. The second-order valence-electron chi connectivity index (χ2n) is 9.32. The van der Waals surface area contributed by atoms with Gasteiger partial charge in [0.1, 0.15) is 17.2 Å². The van der Waals surface area contributed by atoms with Crippen LogP contribution in [0.25, 0.3) is 10.8 Å². The van der Waals surface area contributed by atoms with E-state index in [-0.39, 0.29) is 29.4 Å². The Balaban J connectivity index is 1.88. The molecule has 0 radical (unpaired) electrons. The van der Waals surface area contributed by atoms with Gasteiger partial charge in [-0.25, -0.2) is 28.0 Å². The maximum Gasteiger partial charge on any atom is 0.277 e. The molecule has 0 aliphatic rings. The fourth-order valence-corrected chi connectivity index (χ4v) is 3.85. The van der Waals surface area contributed by atoms with Crippen molar-refractivity contribution in [3.05, 3.63) is 70.9 Å². The zero-order valence-electron chi connectivity index (χ0n) is 21.3. The van der Waals surface area contributed by atoms with Crippen LogP contribution in [0, 0.1) is 11.6 Å². The predicted octanol–water partition coefficient (Wildman–Crippen LogP) is 4.78. The highest BCUT2D eigenvalue weighted by atomic mass is 35.5. The number of alkyl halides is 2. The predicted molar refractivity (Wildman–Crippen MR) is 137 cm³/mol. The third kappa shape index (κ3) is 7.41. The summed E-state index contributed by atoms with van der Waals surface area (Å²) < 4.78 is 57.4. The Morgan fingerprint density at radius 3 is 2.56 bits per heavy atom. The minimum atomic E-state index is -3.71. The smallest absolute Gasteiger partial charge is 0.277 e.